The summed E-state index contributed by atoms with van der Waals surface area (Å²) in [5.74, 6) is 0.198. The molecule has 0 aromatic heterocycles. The summed E-state index contributed by atoms with van der Waals surface area (Å²) in [5, 5.41) is 11.0. The van der Waals surface area contributed by atoms with Gasteiger partial charge in [-0.2, -0.15) is 0 Å². The van der Waals surface area contributed by atoms with Gasteiger partial charge in [-0.1, -0.05) is 23.7 Å². The molecule has 0 amide bonds. The summed E-state index contributed by atoms with van der Waals surface area (Å²) in [4.78, 5) is 0. The molecule has 0 heterocycles. The van der Waals surface area contributed by atoms with Gasteiger partial charge in [0.15, 0.2) is 0 Å². The van der Waals surface area contributed by atoms with Crippen LogP contribution in [0.5, 0.6) is 5.75 Å². The van der Waals surface area contributed by atoms with Gasteiger partial charge in [0.25, 0.3) is 0 Å². The van der Waals surface area contributed by atoms with Crippen molar-refractivity contribution in [3.63, 3.8) is 0 Å². The van der Waals surface area contributed by atoms with Crippen LogP contribution < -0.4 is 4.74 Å². The zero-order valence-electron chi connectivity index (χ0n) is 11.0. The summed E-state index contributed by atoms with van der Waals surface area (Å²) in [5.41, 5.74) is 1.58. The van der Waals surface area contributed by atoms with Gasteiger partial charge in [-0.3, -0.25) is 0 Å². The van der Waals surface area contributed by atoms with Crippen LogP contribution in [0.3, 0.4) is 0 Å². The van der Waals surface area contributed by atoms with Gasteiger partial charge in [-0.05, 0) is 52.2 Å². The first-order valence-electron chi connectivity index (χ1n) is 5.91. The number of halogens is 3. The first kappa shape index (κ1) is 15.3. The van der Waals surface area contributed by atoms with E-state index in [1.54, 1.807) is 31.2 Å². The highest BCUT2D eigenvalue weighted by molar-refractivity contribution is 9.10. The van der Waals surface area contributed by atoms with Crippen molar-refractivity contribution >= 4 is 27.5 Å². The maximum atomic E-state index is 13.3. The molecule has 2 aromatic rings. The van der Waals surface area contributed by atoms with Gasteiger partial charge in [-0.25, -0.2) is 4.39 Å². The summed E-state index contributed by atoms with van der Waals surface area (Å²) in [6.45, 7) is 1.65. The van der Waals surface area contributed by atoms with E-state index in [4.69, 9.17) is 16.3 Å². The minimum atomic E-state index is -0.945. The smallest absolute Gasteiger partial charge is 0.139 e. The minimum absolute atomic E-state index is 0.305. The van der Waals surface area contributed by atoms with Crippen molar-refractivity contribution in [2.75, 3.05) is 7.11 Å². The molecule has 2 aromatic carbocycles. The van der Waals surface area contributed by atoms with Gasteiger partial charge in [0, 0.05) is 10.6 Å². The molecular weight excluding hydrogens is 347 g/mol. The third kappa shape index (κ3) is 2.97. The van der Waals surface area contributed by atoms with Crippen LogP contribution in [-0.4, -0.2) is 12.2 Å². The van der Waals surface area contributed by atoms with E-state index < -0.39 is 6.10 Å². The second-order valence-corrected chi connectivity index (χ2v) is 5.71. The maximum absolute atomic E-state index is 13.3. The zero-order chi connectivity index (χ0) is 14.9. The van der Waals surface area contributed by atoms with Crippen molar-refractivity contribution in [2.24, 2.45) is 0 Å². The Morgan fingerprint density at radius 1 is 1.30 bits per heavy atom. The quantitative estimate of drug-likeness (QED) is 0.865. The van der Waals surface area contributed by atoms with Crippen LogP contribution in [0.1, 0.15) is 22.8 Å². The van der Waals surface area contributed by atoms with Crippen molar-refractivity contribution in [1.29, 1.82) is 0 Å². The number of aliphatic hydroxyl groups is 1. The van der Waals surface area contributed by atoms with E-state index in [9.17, 15) is 9.50 Å². The molecule has 0 spiro atoms. The third-order valence-corrected chi connectivity index (χ3v) is 3.84. The molecule has 5 heteroatoms. The number of rotatable bonds is 3. The van der Waals surface area contributed by atoms with Crippen LogP contribution in [0.4, 0.5) is 4.39 Å². The second-order valence-electron chi connectivity index (χ2n) is 4.42. The third-order valence-electron chi connectivity index (χ3n) is 3.03. The molecule has 1 atom stereocenters. The average molecular weight is 360 g/mol. The Hall–Kier alpha value is -1.10. The average Bonchev–Trinajstić information content (AvgIpc) is 2.40. The molecule has 106 valence electrons. The zero-order valence-corrected chi connectivity index (χ0v) is 13.3. The van der Waals surface area contributed by atoms with E-state index in [0.29, 0.717) is 31.9 Å². The summed E-state index contributed by atoms with van der Waals surface area (Å²) >= 11 is 9.35. The first-order chi connectivity index (χ1) is 9.43. The van der Waals surface area contributed by atoms with Crippen LogP contribution in [-0.2, 0) is 0 Å². The number of methoxy groups -OCH3 is 1. The highest BCUT2D eigenvalue weighted by Crippen LogP contribution is 2.38. The summed E-state index contributed by atoms with van der Waals surface area (Å²) in [6.07, 6.45) is -0.945. The van der Waals surface area contributed by atoms with E-state index >= 15 is 0 Å². The monoisotopic (exact) mass is 358 g/mol. The molecule has 0 radical (unpaired) electrons. The lowest BCUT2D eigenvalue weighted by molar-refractivity contribution is 0.214. The minimum Gasteiger partial charge on any atom is -0.495 e. The number of aliphatic hydroxyl groups excluding tert-OH is 1. The van der Waals surface area contributed by atoms with Crippen LogP contribution in [0.15, 0.2) is 34.8 Å². The molecule has 2 nitrogen and oxygen atoms in total. The van der Waals surface area contributed by atoms with E-state index in [0.717, 1.165) is 0 Å². The number of ether oxygens (including phenoxy) is 1. The Bertz CT molecular complexity index is 646. The van der Waals surface area contributed by atoms with Gasteiger partial charge >= 0.3 is 0 Å². The fourth-order valence-corrected chi connectivity index (χ4v) is 3.01. The van der Waals surface area contributed by atoms with Gasteiger partial charge in [0.05, 0.1) is 11.6 Å². The van der Waals surface area contributed by atoms with Crippen molar-refractivity contribution in [3.05, 3.63) is 62.3 Å². The van der Waals surface area contributed by atoms with Crippen molar-refractivity contribution in [3.8, 4) is 5.75 Å². The predicted molar refractivity (Wildman–Crippen MR) is 80.9 cm³/mol. The topological polar surface area (TPSA) is 29.5 Å². The predicted octanol–water partition coefficient (Wildman–Crippen LogP) is 4.64. The molecule has 1 N–H and O–H groups in total. The standard InChI is InChI=1S/C15H13BrClFO2/c1-8-5-9(3-4-13(8)18)14(19)11-6-10(17)7-12(16)15(11)20-2/h3-7,14,19H,1-2H3. The van der Waals surface area contributed by atoms with Gasteiger partial charge in [0.2, 0.25) is 0 Å². The van der Waals surface area contributed by atoms with Gasteiger partial charge in [0.1, 0.15) is 17.7 Å². The summed E-state index contributed by atoms with van der Waals surface area (Å²) in [7, 11) is 1.51. The highest BCUT2D eigenvalue weighted by Gasteiger charge is 2.19. The highest BCUT2D eigenvalue weighted by atomic mass is 79.9. The molecule has 0 fully saturated rings. The molecule has 0 saturated heterocycles. The molecular formula is C15H13BrClFO2. The van der Waals surface area contributed by atoms with Gasteiger partial charge < -0.3 is 9.84 Å². The molecule has 0 aliphatic carbocycles. The second kappa shape index (κ2) is 6.12. The van der Waals surface area contributed by atoms with Gasteiger partial charge in [-0.15, -0.1) is 0 Å². The maximum Gasteiger partial charge on any atom is 0.139 e. The fraction of sp³-hybridized carbons (Fsp3) is 0.200. The Labute approximate surface area is 130 Å². The van der Waals surface area contributed by atoms with E-state index in [2.05, 4.69) is 15.9 Å². The van der Waals surface area contributed by atoms with Crippen LogP contribution in [0, 0.1) is 12.7 Å². The van der Waals surface area contributed by atoms with E-state index in [1.165, 1.54) is 13.2 Å². The molecule has 0 bridgehead atoms. The Kier molecular flexibility index (Phi) is 4.68. The normalized spacial score (nSPS) is 12.3. The van der Waals surface area contributed by atoms with E-state index in [1.807, 2.05) is 0 Å². The number of hydrogen-bond acceptors (Lipinski definition) is 2. The molecule has 0 aliphatic rings. The first-order valence-corrected chi connectivity index (χ1v) is 7.08. The van der Waals surface area contributed by atoms with Crippen molar-refractivity contribution in [2.45, 2.75) is 13.0 Å². The lowest BCUT2D eigenvalue weighted by Gasteiger charge is -2.17. The van der Waals surface area contributed by atoms with Crippen molar-refractivity contribution < 1.29 is 14.2 Å². The van der Waals surface area contributed by atoms with Crippen molar-refractivity contribution in [1.82, 2.24) is 0 Å². The number of aryl methyl sites for hydroxylation is 1. The molecule has 0 saturated carbocycles. The Morgan fingerprint density at radius 3 is 2.60 bits per heavy atom. The van der Waals surface area contributed by atoms with E-state index in [-0.39, 0.29) is 5.82 Å². The molecule has 20 heavy (non-hydrogen) atoms. The fourth-order valence-electron chi connectivity index (χ4n) is 2.02. The van der Waals surface area contributed by atoms with Crippen LogP contribution in [0.2, 0.25) is 5.02 Å². The lowest BCUT2D eigenvalue weighted by Crippen LogP contribution is -2.04. The molecule has 2 rings (SSSR count). The van der Waals surface area contributed by atoms with Crippen LogP contribution >= 0.6 is 27.5 Å². The Morgan fingerprint density at radius 2 is 2.00 bits per heavy atom. The summed E-state index contributed by atoms with van der Waals surface area (Å²) < 4.78 is 19.2. The SMILES string of the molecule is COc1c(Br)cc(Cl)cc1C(O)c1ccc(F)c(C)c1. The number of benzene rings is 2. The molecule has 1 unspecified atom stereocenters. The largest absolute Gasteiger partial charge is 0.495 e. The summed E-state index contributed by atoms with van der Waals surface area (Å²) in [6, 6.07) is 7.80. The lowest BCUT2D eigenvalue weighted by atomic mass is 9.99. The molecule has 0 aliphatic heterocycles. The van der Waals surface area contributed by atoms with Crippen LogP contribution in [0.25, 0.3) is 0 Å². The number of hydrogen-bond donors (Lipinski definition) is 1. The Balaban J connectivity index is 2.52.